The first kappa shape index (κ1) is 19.0. The Morgan fingerprint density at radius 1 is 0.966 bits per heavy atom. The van der Waals surface area contributed by atoms with Crippen molar-refractivity contribution in [3.05, 3.63) is 90.3 Å². The summed E-state index contributed by atoms with van der Waals surface area (Å²) in [5.41, 5.74) is 2.13. The minimum Gasteiger partial charge on any atom is -0.485 e. The Morgan fingerprint density at radius 3 is 2.52 bits per heavy atom. The maximum absolute atomic E-state index is 13.2. The summed E-state index contributed by atoms with van der Waals surface area (Å²) >= 11 is 0. The fourth-order valence-electron chi connectivity index (χ4n) is 3.42. The Labute approximate surface area is 170 Å². The van der Waals surface area contributed by atoms with Crippen molar-refractivity contribution < 1.29 is 14.3 Å². The molecule has 0 aliphatic carbocycles. The van der Waals surface area contributed by atoms with Gasteiger partial charge in [-0.05, 0) is 42.7 Å². The molecule has 2 heterocycles. The van der Waals surface area contributed by atoms with Gasteiger partial charge in [0.1, 0.15) is 6.61 Å². The topological polar surface area (TPSA) is 51.7 Å². The number of hydrogen-bond acceptors (Lipinski definition) is 4. The number of carbonyl (C=O) groups excluding carboxylic acids is 1. The van der Waals surface area contributed by atoms with Crippen molar-refractivity contribution in [2.75, 3.05) is 13.2 Å². The van der Waals surface area contributed by atoms with E-state index in [0.29, 0.717) is 24.6 Å². The first-order chi connectivity index (χ1) is 14.3. The molecule has 1 atom stereocenters. The van der Waals surface area contributed by atoms with Crippen molar-refractivity contribution >= 4 is 5.91 Å². The SMILES string of the molecule is O=C([C@@H]1COc2ccccc2O1)N(CCCc1ccccc1)Cc1ccccn1. The molecule has 4 rings (SSSR count). The molecule has 0 spiro atoms. The number of para-hydroxylation sites is 2. The standard InChI is InChI=1S/C24H24N2O3/c27-24(23-18-28-21-13-4-5-14-22(21)29-23)26(17-20-12-6-7-15-25-20)16-8-11-19-9-2-1-3-10-19/h1-7,9-10,12-15,23H,8,11,16-18H2/t23-/m0/s1. The van der Waals surface area contributed by atoms with Gasteiger partial charge in [-0.1, -0.05) is 48.5 Å². The van der Waals surface area contributed by atoms with E-state index >= 15 is 0 Å². The van der Waals surface area contributed by atoms with E-state index in [9.17, 15) is 4.79 Å². The number of rotatable bonds is 7. The van der Waals surface area contributed by atoms with Gasteiger partial charge in [0.15, 0.2) is 11.5 Å². The number of amides is 1. The third-order valence-corrected chi connectivity index (χ3v) is 4.91. The maximum Gasteiger partial charge on any atom is 0.267 e. The highest BCUT2D eigenvalue weighted by Crippen LogP contribution is 2.31. The summed E-state index contributed by atoms with van der Waals surface area (Å²) in [5.74, 6) is 1.22. The van der Waals surface area contributed by atoms with E-state index < -0.39 is 6.10 Å². The van der Waals surface area contributed by atoms with Crippen LogP contribution in [0.3, 0.4) is 0 Å². The minimum absolute atomic E-state index is 0.0711. The summed E-state index contributed by atoms with van der Waals surface area (Å²) < 4.78 is 11.7. The van der Waals surface area contributed by atoms with Crippen LogP contribution in [0.1, 0.15) is 17.7 Å². The largest absolute Gasteiger partial charge is 0.485 e. The van der Waals surface area contributed by atoms with Gasteiger partial charge in [-0.2, -0.15) is 0 Å². The Morgan fingerprint density at radius 2 is 1.72 bits per heavy atom. The molecule has 0 N–H and O–H groups in total. The third-order valence-electron chi connectivity index (χ3n) is 4.91. The van der Waals surface area contributed by atoms with Gasteiger partial charge in [-0.25, -0.2) is 0 Å². The number of aryl methyl sites for hydroxylation is 1. The van der Waals surface area contributed by atoms with Gasteiger partial charge >= 0.3 is 0 Å². The van der Waals surface area contributed by atoms with Crippen LogP contribution >= 0.6 is 0 Å². The molecule has 2 aromatic carbocycles. The Balaban J connectivity index is 1.44. The number of benzene rings is 2. The van der Waals surface area contributed by atoms with Crippen molar-refractivity contribution in [1.82, 2.24) is 9.88 Å². The molecule has 0 fully saturated rings. The van der Waals surface area contributed by atoms with Crippen molar-refractivity contribution in [2.45, 2.75) is 25.5 Å². The molecule has 5 nitrogen and oxygen atoms in total. The lowest BCUT2D eigenvalue weighted by molar-refractivity contribution is -0.142. The first-order valence-corrected chi connectivity index (χ1v) is 9.91. The van der Waals surface area contributed by atoms with Gasteiger partial charge in [0.05, 0.1) is 12.2 Å². The summed E-state index contributed by atoms with van der Waals surface area (Å²) in [5, 5.41) is 0. The van der Waals surface area contributed by atoms with Crippen molar-refractivity contribution in [1.29, 1.82) is 0 Å². The number of nitrogens with zero attached hydrogens (tertiary/aromatic N) is 2. The molecule has 148 valence electrons. The van der Waals surface area contributed by atoms with E-state index in [2.05, 4.69) is 17.1 Å². The Hall–Kier alpha value is -3.34. The van der Waals surface area contributed by atoms with Gasteiger partial charge in [-0.15, -0.1) is 0 Å². The van der Waals surface area contributed by atoms with Crippen LogP contribution in [-0.4, -0.2) is 35.0 Å². The molecular weight excluding hydrogens is 364 g/mol. The van der Waals surface area contributed by atoms with Crippen LogP contribution in [0, 0.1) is 0 Å². The van der Waals surface area contributed by atoms with Crippen molar-refractivity contribution in [2.24, 2.45) is 0 Å². The zero-order chi connectivity index (χ0) is 19.9. The number of pyridine rings is 1. The average molecular weight is 388 g/mol. The van der Waals surface area contributed by atoms with E-state index in [4.69, 9.17) is 9.47 Å². The molecule has 1 aliphatic rings. The second-order valence-electron chi connectivity index (χ2n) is 7.03. The Bertz CT molecular complexity index is 931. The molecule has 1 aliphatic heterocycles. The number of fused-ring (bicyclic) bond motifs is 1. The minimum atomic E-state index is -0.648. The van der Waals surface area contributed by atoms with Gasteiger partial charge in [0.25, 0.3) is 5.91 Å². The smallest absolute Gasteiger partial charge is 0.267 e. The molecule has 0 bridgehead atoms. The third kappa shape index (κ3) is 4.93. The molecule has 5 heteroatoms. The van der Waals surface area contributed by atoms with Crippen LogP contribution < -0.4 is 9.47 Å². The molecule has 1 aromatic heterocycles. The summed E-state index contributed by atoms with van der Waals surface area (Å²) in [4.78, 5) is 19.5. The van der Waals surface area contributed by atoms with E-state index in [1.807, 2.05) is 65.6 Å². The Kier molecular flexibility index (Phi) is 6.05. The monoisotopic (exact) mass is 388 g/mol. The molecule has 0 unspecified atom stereocenters. The second-order valence-corrected chi connectivity index (χ2v) is 7.03. The van der Waals surface area contributed by atoms with Gasteiger partial charge in [0.2, 0.25) is 6.10 Å². The summed E-state index contributed by atoms with van der Waals surface area (Å²) in [7, 11) is 0. The first-order valence-electron chi connectivity index (χ1n) is 9.91. The number of hydrogen-bond donors (Lipinski definition) is 0. The lowest BCUT2D eigenvalue weighted by atomic mass is 10.1. The predicted molar refractivity (Wildman–Crippen MR) is 111 cm³/mol. The van der Waals surface area contributed by atoms with Gasteiger partial charge in [-0.3, -0.25) is 9.78 Å². The molecule has 0 radical (unpaired) electrons. The molecule has 0 saturated heterocycles. The zero-order valence-corrected chi connectivity index (χ0v) is 16.2. The van der Waals surface area contributed by atoms with Crippen LogP contribution in [-0.2, 0) is 17.8 Å². The second kappa shape index (κ2) is 9.24. The van der Waals surface area contributed by atoms with E-state index in [1.165, 1.54) is 5.56 Å². The van der Waals surface area contributed by atoms with E-state index in [1.54, 1.807) is 6.20 Å². The zero-order valence-electron chi connectivity index (χ0n) is 16.2. The number of aromatic nitrogens is 1. The lowest BCUT2D eigenvalue weighted by Crippen LogP contribution is -2.46. The molecular formula is C24H24N2O3. The van der Waals surface area contributed by atoms with Crippen molar-refractivity contribution in [3.63, 3.8) is 0 Å². The predicted octanol–water partition coefficient (Wildman–Crippen LogP) is 3.88. The molecule has 3 aromatic rings. The van der Waals surface area contributed by atoms with Crippen LogP contribution in [0.4, 0.5) is 0 Å². The van der Waals surface area contributed by atoms with E-state index in [-0.39, 0.29) is 12.5 Å². The fourth-order valence-corrected chi connectivity index (χ4v) is 3.42. The highest BCUT2D eigenvalue weighted by molar-refractivity contribution is 5.82. The molecule has 29 heavy (non-hydrogen) atoms. The van der Waals surface area contributed by atoms with Crippen LogP contribution in [0.2, 0.25) is 0 Å². The maximum atomic E-state index is 13.2. The van der Waals surface area contributed by atoms with Gasteiger partial charge < -0.3 is 14.4 Å². The number of carbonyl (C=O) groups is 1. The molecule has 1 amide bonds. The summed E-state index contributed by atoms with van der Waals surface area (Å²) in [6.45, 7) is 1.30. The molecule has 0 saturated carbocycles. The summed E-state index contributed by atoms with van der Waals surface area (Å²) in [6.07, 6.45) is 2.88. The summed E-state index contributed by atoms with van der Waals surface area (Å²) in [6, 6.07) is 23.5. The normalized spacial score (nSPS) is 15.0. The van der Waals surface area contributed by atoms with Crippen LogP contribution in [0.15, 0.2) is 79.0 Å². The quantitative estimate of drug-likeness (QED) is 0.616. The van der Waals surface area contributed by atoms with Gasteiger partial charge in [0, 0.05) is 12.7 Å². The average Bonchev–Trinajstić information content (AvgIpc) is 2.79. The lowest BCUT2D eigenvalue weighted by Gasteiger charge is -2.30. The fraction of sp³-hybridized carbons (Fsp3) is 0.250. The number of ether oxygens (including phenoxy) is 2. The van der Waals surface area contributed by atoms with Crippen LogP contribution in [0.5, 0.6) is 11.5 Å². The van der Waals surface area contributed by atoms with Crippen LogP contribution in [0.25, 0.3) is 0 Å². The highest BCUT2D eigenvalue weighted by Gasteiger charge is 2.31. The van der Waals surface area contributed by atoms with Crippen molar-refractivity contribution in [3.8, 4) is 11.5 Å². The highest BCUT2D eigenvalue weighted by atomic mass is 16.6. The van der Waals surface area contributed by atoms with E-state index in [0.717, 1.165) is 18.5 Å².